The summed E-state index contributed by atoms with van der Waals surface area (Å²) in [6.07, 6.45) is -4.66. The zero-order valence-corrected chi connectivity index (χ0v) is 11.3. The molecule has 5 nitrogen and oxygen atoms in total. The number of hydrogen-bond acceptors (Lipinski definition) is 2. The van der Waals surface area contributed by atoms with Crippen molar-refractivity contribution >= 4 is 12.0 Å². The third-order valence-electron chi connectivity index (χ3n) is 2.67. The highest BCUT2D eigenvalue weighted by Gasteiger charge is 2.33. The molecule has 21 heavy (non-hydrogen) atoms. The molecule has 2 N–H and O–H groups in total. The number of hydrogen-bond donors (Lipinski definition) is 2. The van der Waals surface area contributed by atoms with Crippen molar-refractivity contribution < 1.29 is 27.9 Å². The second-order valence-electron chi connectivity index (χ2n) is 4.45. The molecular weight excluding hydrogens is 289 g/mol. The van der Waals surface area contributed by atoms with Gasteiger partial charge in [-0.2, -0.15) is 13.2 Å². The first-order valence-corrected chi connectivity index (χ1v) is 6.05. The summed E-state index contributed by atoms with van der Waals surface area (Å²) in [4.78, 5) is 22.4. The van der Waals surface area contributed by atoms with Crippen molar-refractivity contribution in [2.24, 2.45) is 0 Å². The van der Waals surface area contributed by atoms with E-state index in [-0.39, 0.29) is 11.4 Å². The molecule has 0 aliphatic rings. The van der Waals surface area contributed by atoms with Gasteiger partial charge >= 0.3 is 18.2 Å². The molecule has 1 aromatic rings. The van der Waals surface area contributed by atoms with Crippen LogP contribution >= 0.6 is 0 Å². The number of urea groups is 1. The molecule has 0 atom stereocenters. The standard InChI is InChI=1S/C13H15F3N2O3/c1-9-4-2-3-5-10(9)6-17-12(21)18(7-11(19)20)8-13(14,15)16/h2-5H,6-8H2,1H3,(H,17,21)(H,19,20). The highest BCUT2D eigenvalue weighted by molar-refractivity contribution is 5.80. The molecule has 1 rings (SSSR count). The summed E-state index contributed by atoms with van der Waals surface area (Å²) in [5.41, 5.74) is 1.62. The highest BCUT2D eigenvalue weighted by atomic mass is 19.4. The van der Waals surface area contributed by atoms with Crippen LogP contribution in [0.2, 0.25) is 0 Å². The summed E-state index contributed by atoms with van der Waals surface area (Å²) in [6.45, 7) is -0.802. The molecule has 0 heterocycles. The normalized spacial score (nSPS) is 11.0. The van der Waals surface area contributed by atoms with Crippen molar-refractivity contribution in [2.75, 3.05) is 13.1 Å². The molecule has 0 aliphatic carbocycles. The molecule has 0 aliphatic heterocycles. The molecule has 0 saturated heterocycles. The fraction of sp³-hybridized carbons (Fsp3) is 0.385. The summed E-state index contributed by atoms with van der Waals surface area (Å²) < 4.78 is 37.0. The van der Waals surface area contributed by atoms with Gasteiger partial charge in [0.25, 0.3) is 0 Å². The first-order chi connectivity index (χ1) is 9.69. The average Bonchev–Trinajstić information content (AvgIpc) is 2.34. The van der Waals surface area contributed by atoms with E-state index in [4.69, 9.17) is 5.11 Å². The maximum Gasteiger partial charge on any atom is 0.406 e. The topological polar surface area (TPSA) is 69.6 Å². The van der Waals surface area contributed by atoms with Crippen LogP contribution < -0.4 is 5.32 Å². The van der Waals surface area contributed by atoms with Crippen LogP contribution in [0, 0.1) is 6.92 Å². The molecule has 0 aromatic heterocycles. The number of nitrogens with zero attached hydrogens (tertiary/aromatic N) is 1. The number of benzene rings is 1. The summed E-state index contributed by atoms with van der Waals surface area (Å²) >= 11 is 0. The van der Waals surface area contributed by atoms with Crippen LogP contribution in [0.5, 0.6) is 0 Å². The van der Waals surface area contributed by atoms with Crippen LogP contribution in [0.3, 0.4) is 0 Å². The first-order valence-electron chi connectivity index (χ1n) is 6.05. The number of amides is 2. The Labute approximate surface area is 119 Å². The first kappa shape index (κ1) is 16.8. The number of rotatable bonds is 5. The van der Waals surface area contributed by atoms with Crippen molar-refractivity contribution in [3.8, 4) is 0 Å². The van der Waals surface area contributed by atoms with Crippen LogP contribution in [0.15, 0.2) is 24.3 Å². The van der Waals surface area contributed by atoms with E-state index in [1.54, 1.807) is 31.2 Å². The van der Waals surface area contributed by atoms with Crippen LogP contribution in [-0.2, 0) is 11.3 Å². The molecule has 0 radical (unpaired) electrons. The quantitative estimate of drug-likeness (QED) is 0.875. The van der Waals surface area contributed by atoms with E-state index in [2.05, 4.69) is 5.32 Å². The van der Waals surface area contributed by atoms with Gasteiger partial charge in [0.05, 0.1) is 0 Å². The van der Waals surface area contributed by atoms with Gasteiger partial charge in [0.15, 0.2) is 0 Å². The molecule has 116 valence electrons. The van der Waals surface area contributed by atoms with Gasteiger partial charge in [-0.3, -0.25) is 4.79 Å². The predicted octanol–water partition coefficient (Wildman–Crippen LogP) is 2.15. The lowest BCUT2D eigenvalue weighted by Crippen LogP contribution is -2.46. The number of alkyl halides is 3. The van der Waals surface area contributed by atoms with Crippen molar-refractivity contribution in [2.45, 2.75) is 19.6 Å². The van der Waals surface area contributed by atoms with E-state index in [0.717, 1.165) is 11.1 Å². The fourth-order valence-electron chi connectivity index (χ4n) is 1.67. The minimum Gasteiger partial charge on any atom is -0.480 e. The Balaban J connectivity index is 2.68. The number of carbonyl (C=O) groups is 2. The highest BCUT2D eigenvalue weighted by Crippen LogP contribution is 2.16. The van der Waals surface area contributed by atoms with Crippen molar-refractivity contribution in [3.05, 3.63) is 35.4 Å². The van der Waals surface area contributed by atoms with Crippen LogP contribution in [0.25, 0.3) is 0 Å². The molecule has 0 spiro atoms. The van der Waals surface area contributed by atoms with E-state index < -0.39 is 31.3 Å². The van der Waals surface area contributed by atoms with Crippen molar-refractivity contribution in [1.82, 2.24) is 10.2 Å². The molecular formula is C13H15F3N2O3. The summed E-state index contributed by atoms with van der Waals surface area (Å²) in [6, 6.07) is 5.98. The molecule has 0 bridgehead atoms. The Morgan fingerprint density at radius 2 is 1.90 bits per heavy atom. The van der Waals surface area contributed by atoms with Gasteiger partial charge in [-0.1, -0.05) is 24.3 Å². The number of carboxylic acids is 1. The van der Waals surface area contributed by atoms with Crippen molar-refractivity contribution in [3.63, 3.8) is 0 Å². The monoisotopic (exact) mass is 304 g/mol. The molecule has 2 amide bonds. The SMILES string of the molecule is Cc1ccccc1CNC(=O)N(CC(=O)O)CC(F)(F)F. The number of nitrogens with one attached hydrogen (secondary N) is 1. The van der Waals surface area contributed by atoms with Gasteiger partial charge < -0.3 is 15.3 Å². The number of halogens is 3. The van der Waals surface area contributed by atoms with Gasteiger partial charge in [0.1, 0.15) is 13.1 Å². The lowest BCUT2D eigenvalue weighted by Gasteiger charge is -2.22. The summed E-state index contributed by atoms with van der Waals surface area (Å²) in [7, 11) is 0. The van der Waals surface area contributed by atoms with E-state index in [9.17, 15) is 22.8 Å². The third-order valence-corrected chi connectivity index (χ3v) is 2.67. The number of carboxylic acid groups (broad SMARTS) is 1. The number of carbonyl (C=O) groups excluding carboxylic acids is 1. The predicted molar refractivity (Wildman–Crippen MR) is 68.7 cm³/mol. The van der Waals surface area contributed by atoms with Gasteiger partial charge in [-0.05, 0) is 18.1 Å². The Kier molecular flexibility index (Phi) is 5.57. The largest absolute Gasteiger partial charge is 0.480 e. The van der Waals surface area contributed by atoms with E-state index in [1.807, 2.05) is 0 Å². The lowest BCUT2D eigenvalue weighted by atomic mass is 10.1. The Morgan fingerprint density at radius 1 is 1.29 bits per heavy atom. The van der Waals surface area contributed by atoms with Gasteiger partial charge in [-0.25, -0.2) is 4.79 Å². The van der Waals surface area contributed by atoms with E-state index in [1.165, 1.54) is 0 Å². The second-order valence-corrected chi connectivity index (χ2v) is 4.45. The van der Waals surface area contributed by atoms with Crippen LogP contribution in [0.4, 0.5) is 18.0 Å². The fourth-order valence-corrected chi connectivity index (χ4v) is 1.67. The zero-order chi connectivity index (χ0) is 16.0. The molecule has 0 fully saturated rings. The Morgan fingerprint density at radius 3 is 2.43 bits per heavy atom. The minimum atomic E-state index is -4.66. The van der Waals surface area contributed by atoms with Gasteiger partial charge in [0, 0.05) is 6.54 Å². The molecule has 8 heteroatoms. The molecule has 0 saturated carbocycles. The smallest absolute Gasteiger partial charge is 0.406 e. The van der Waals surface area contributed by atoms with Crippen LogP contribution in [-0.4, -0.2) is 41.3 Å². The summed E-state index contributed by atoms with van der Waals surface area (Å²) in [5, 5.41) is 10.9. The van der Waals surface area contributed by atoms with Crippen molar-refractivity contribution in [1.29, 1.82) is 0 Å². The zero-order valence-electron chi connectivity index (χ0n) is 11.3. The average molecular weight is 304 g/mol. The number of aliphatic carboxylic acids is 1. The Hall–Kier alpha value is -2.25. The maximum absolute atomic E-state index is 12.3. The van der Waals surface area contributed by atoms with E-state index >= 15 is 0 Å². The maximum atomic E-state index is 12.3. The molecule has 1 aromatic carbocycles. The summed E-state index contributed by atoms with van der Waals surface area (Å²) in [5.74, 6) is -1.51. The number of aryl methyl sites for hydroxylation is 1. The minimum absolute atomic E-state index is 0.0273. The van der Waals surface area contributed by atoms with Gasteiger partial charge in [0.2, 0.25) is 0 Å². The van der Waals surface area contributed by atoms with E-state index in [0.29, 0.717) is 0 Å². The molecule has 0 unspecified atom stereocenters. The Bertz CT molecular complexity index is 518. The van der Waals surface area contributed by atoms with Crippen LogP contribution in [0.1, 0.15) is 11.1 Å². The third kappa shape index (κ3) is 6.15. The second kappa shape index (κ2) is 6.96. The lowest BCUT2D eigenvalue weighted by molar-refractivity contribution is -0.148. The van der Waals surface area contributed by atoms with Gasteiger partial charge in [-0.15, -0.1) is 0 Å².